The third-order valence-corrected chi connectivity index (χ3v) is 12.1. The van der Waals surface area contributed by atoms with Crippen LogP contribution in [0.25, 0.3) is 122 Å². The Hall–Kier alpha value is -7.89. The second kappa shape index (κ2) is 11.8. The molecule has 3 heterocycles. The summed E-state index contributed by atoms with van der Waals surface area (Å²) in [4.78, 5) is 16.1. The fourth-order valence-corrected chi connectivity index (χ4v) is 9.63. The van der Waals surface area contributed by atoms with Crippen LogP contribution in [0.4, 0.5) is 0 Å². The van der Waals surface area contributed by atoms with E-state index >= 15 is 0 Å². The van der Waals surface area contributed by atoms with Crippen LogP contribution >= 0.6 is 0 Å². The fraction of sp³-hybridized carbons (Fsp3) is 0. The quantitative estimate of drug-likeness (QED) is 0.177. The predicted molar refractivity (Wildman–Crippen MR) is 239 cm³/mol. The third kappa shape index (κ3) is 4.33. The molecule has 0 saturated heterocycles. The van der Waals surface area contributed by atoms with E-state index in [-0.39, 0.29) is 0 Å². The summed E-state index contributed by atoms with van der Waals surface area (Å²) in [6, 6.07) is 67.1. The van der Waals surface area contributed by atoms with Crippen molar-refractivity contribution in [1.29, 1.82) is 0 Å². The zero-order chi connectivity index (χ0) is 37.9. The molecule has 1 aliphatic rings. The third-order valence-electron chi connectivity index (χ3n) is 12.1. The summed E-state index contributed by atoms with van der Waals surface area (Å²) >= 11 is 0. The van der Waals surface area contributed by atoms with Crippen molar-refractivity contribution in [2.45, 2.75) is 0 Å². The van der Waals surface area contributed by atoms with Crippen molar-refractivity contribution in [3.63, 3.8) is 0 Å². The van der Waals surface area contributed by atoms with E-state index in [0.29, 0.717) is 17.6 Å². The molecule has 0 amide bonds. The van der Waals surface area contributed by atoms with Gasteiger partial charge in [0.15, 0.2) is 11.6 Å². The van der Waals surface area contributed by atoms with E-state index in [1.54, 1.807) is 0 Å². The van der Waals surface area contributed by atoms with Crippen LogP contribution < -0.4 is 0 Å². The molecule has 0 N–H and O–H groups in total. The molecule has 9 aromatic carbocycles. The van der Waals surface area contributed by atoms with E-state index in [4.69, 9.17) is 15.0 Å². The molecular formula is C53H31N5. The fourth-order valence-electron chi connectivity index (χ4n) is 9.63. The molecule has 5 heteroatoms. The Labute approximate surface area is 332 Å². The van der Waals surface area contributed by atoms with Crippen LogP contribution in [0.3, 0.4) is 0 Å². The highest BCUT2D eigenvalue weighted by atomic mass is 15.2. The molecule has 0 radical (unpaired) electrons. The van der Waals surface area contributed by atoms with E-state index in [1.165, 1.54) is 54.5 Å². The van der Waals surface area contributed by atoms with Crippen LogP contribution in [0.1, 0.15) is 0 Å². The molecule has 0 aliphatic heterocycles. The van der Waals surface area contributed by atoms with E-state index in [9.17, 15) is 0 Å². The molecule has 1 aliphatic carbocycles. The van der Waals surface area contributed by atoms with Gasteiger partial charge < -0.3 is 4.57 Å². The highest BCUT2D eigenvalue weighted by molar-refractivity contribution is 6.38. The summed E-state index contributed by atoms with van der Waals surface area (Å²) in [5.41, 5.74) is 12.3. The number of benzene rings is 9. The van der Waals surface area contributed by atoms with Crippen LogP contribution in [0, 0.1) is 0 Å². The summed E-state index contributed by atoms with van der Waals surface area (Å²) in [6.07, 6.45) is 0. The van der Waals surface area contributed by atoms with E-state index in [0.717, 1.165) is 49.7 Å². The van der Waals surface area contributed by atoms with Crippen LogP contribution in [-0.4, -0.2) is 24.1 Å². The molecule has 0 saturated carbocycles. The van der Waals surface area contributed by atoms with Crippen LogP contribution in [0.5, 0.6) is 0 Å². The number of hydrogen-bond acceptors (Lipinski definition) is 3. The zero-order valence-electron chi connectivity index (χ0n) is 31.1. The molecule has 0 fully saturated rings. The number of hydrogen-bond donors (Lipinski definition) is 0. The Morgan fingerprint density at radius 3 is 1.59 bits per heavy atom. The lowest BCUT2D eigenvalue weighted by atomic mass is 9.96. The molecule has 5 nitrogen and oxygen atoms in total. The maximum absolute atomic E-state index is 5.46. The minimum absolute atomic E-state index is 0.586. The minimum atomic E-state index is 0.586. The van der Waals surface area contributed by atoms with E-state index < -0.39 is 0 Å². The van der Waals surface area contributed by atoms with Gasteiger partial charge >= 0.3 is 0 Å². The van der Waals surface area contributed by atoms with Crippen LogP contribution in [0.2, 0.25) is 0 Å². The number of aromatic nitrogens is 5. The van der Waals surface area contributed by atoms with Gasteiger partial charge in [-0.2, -0.15) is 9.97 Å². The molecule has 0 atom stereocenters. The number of nitrogens with zero attached hydrogens (tertiary/aromatic N) is 5. The first-order valence-electron chi connectivity index (χ1n) is 19.7. The Balaban J connectivity index is 1.16. The number of rotatable bonds is 5. The van der Waals surface area contributed by atoms with E-state index in [1.807, 2.05) is 18.2 Å². The van der Waals surface area contributed by atoms with Gasteiger partial charge in [0.1, 0.15) is 0 Å². The summed E-state index contributed by atoms with van der Waals surface area (Å²) < 4.78 is 4.69. The maximum Gasteiger partial charge on any atom is 0.238 e. The molecule has 0 spiro atoms. The van der Waals surface area contributed by atoms with Crippen molar-refractivity contribution in [3.8, 4) is 56.7 Å². The summed E-state index contributed by atoms with van der Waals surface area (Å²) in [7, 11) is 0. The highest BCUT2D eigenvalue weighted by Crippen LogP contribution is 2.51. The van der Waals surface area contributed by atoms with Gasteiger partial charge in [0.2, 0.25) is 5.95 Å². The minimum Gasteiger partial charge on any atom is -0.309 e. The molecule has 3 aromatic heterocycles. The Morgan fingerprint density at radius 2 is 0.879 bits per heavy atom. The van der Waals surface area contributed by atoms with Crippen molar-refractivity contribution >= 4 is 65.2 Å². The average molecular weight is 738 g/mol. The first-order valence-corrected chi connectivity index (χ1v) is 19.7. The molecule has 12 aromatic rings. The first-order chi connectivity index (χ1) is 28.8. The van der Waals surface area contributed by atoms with Gasteiger partial charge in [-0.1, -0.05) is 140 Å². The first kappa shape index (κ1) is 31.3. The van der Waals surface area contributed by atoms with Gasteiger partial charge in [-0.05, 0) is 86.9 Å². The van der Waals surface area contributed by atoms with Crippen molar-refractivity contribution in [2.24, 2.45) is 0 Å². The highest BCUT2D eigenvalue weighted by Gasteiger charge is 2.28. The second-order valence-electron chi connectivity index (χ2n) is 15.2. The largest absolute Gasteiger partial charge is 0.309 e. The molecule has 268 valence electrons. The number of para-hydroxylation sites is 1. The van der Waals surface area contributed by atoms with Crippen LogP contribution in [-0.2, 0) is 0 Å². The van der Waals surface area contributed by atoms with Gasteiger partial charge in [-0.15, -0.1) is 0 Å². The molecule has 0 unspecified atom stereocenters. The molecule has 0 bridgehead atoms. The van der Waals surface area contributed by atoms with Gasteiger partial charge in [0, 0.05) is 43.7 Å². The SMILES string of the molecule is c1ccc(-c2cc(-c3nc(-c4ccccc4)nc(-n4c5cccc6c5c5c7c(ccc8c7c7c-6cccc7n8-c6ccccc6)ccc54)n3)c3ccccc3c2)cc1. The van der Waals surface area contributed by atoms with Crippen molar-refractivity contribution in [1.82, 2.24) is 24.1 Å². The topological polar surface area (TPSA) is 48.5 Å². The van der Waals surface area contributed by atoms with E-state index in [2.05, 4.69) is 179 Å². The van der Waals surface area contributed by atoms with Crippen LogP contribution in [0.15, 0.2) is 188 Å². The summed E-state index contributed by atoms with van der Waals surface area (Å²) in [5.74, 6) is 1.84. The lowest BCUT2D eigenvalue weighted by Crippen LogP contribution is -2.06. The normalized spacial score (nSPS) is 12.1. The monoisotopic (exact) mass is 737 g/mol. The lowest BCUT2D eigenvalue weighted by Gasteiger charge is -2.14. The molecule has 58 heavy (non-hydrogen) atoms. The predicted octanol–water partition coefficient (Wildman–Crippen LogP) is 13.4. The van der Waals surface area contributed by atoms with Crippen molar-refractivity contribution in [2.75, 3.05) is 0 Å². The van der Waals surface area contributed by atoms with Crippen molar-refractivity contribution in [3.05, 3.63) is 188 Å². The second-order valence-corrected chi connectivity index (χ2v) is 15.2. The average Bonchev–Trinajstić information content (AvgIpc) is 3.78. The Morgan fingerprint density at radius 1 is 0.310 bits per heavy atom. The van der Waals surface area contributed by atoms with Gasteiger partial charge in [0.05, 0.1) is 22.1 Å². The Kier molecular flexibility index (Phi) is 6.38. The molecule has 13 rings (SSSR count). The van der Waals surface area contributed by atoms with Gasteiger partial charge in [0.25, 0.3) is 0 Å². The van der Waals surface area contributed by atoms with Crippen molar-refractivity contribution < 1.29 is 0 Å². The Bertz CT molecular complexity index is 3660. The number of fused-ring (bicyclic) bond motifs is 2. The lowest BCUT2D eigenvalue weighted by molar-refractivity contribution is 0.954. The summed E-state index contributed by atoms with van der Waals surface area (Å²) in [6.45, 7) is 0. The standard InChI is InChI=1S/C53H31N5/c1-4-14-32(15-5-1)36-30-35-18-10-11-21-38(35)41(31-36)52-54-51(34-16-6-2-7-17-34)55-53(56-52)58-43-25-13-23-40-39-22-12-24-42-47(39)49-44(57(42)37-19-8-3-9-20-37)28-26-33-27-29-45(58)50(46(33)49)48(40)43/h1-31H. The van der Waals surface area contributed by atoms with Gasteiger partial charge in [-0.3, -0.25) is 4.57 Å². The molecular weight excluding hydrogens is 707 g/mol. The maximum atomic E-state index is 5.46. The zero-order valence-corrected chi connectivity index (χ0v) is 31.1. The van der Waals surface area contributed by atoms with Gasteiger partial charge in [-0.25, -0.2) is 4.98 Å². The smallest absolute Gasteiger partial charge is 0.238 e. The summed E-state index contributed by atoms with van der Waals surface area (Å²) in [5, 5.41) is 9.69.